The van der Waals surface area contributed by atoms with E-state index in [-0.39, 0.29) is 18.0 Å². The number of nitrogens with two attached hydrogens (primary N) is 1. The molecule has 1 aliphatic carbocycles. The van der Waals surface area contributed by atoms with Crippen LogP contribution >= 0.6 is 0 Å². The van der Waals surface area contributed by atoms with Crippen molar-refractivity contribution in [2.45, 2.75) is 51.1 Å². The summed E-state index contributed by atoms with van der Waals surface area (Å²) < 4.78 is 5.47. The van der Waals surface area contributed by atoms with Gasteiger partial charge in [0, 0.05) is 18.7 Å². The van der Waals surface area contributed by atoms with Gasteiger partial charge in [0.1, 0.15) is 29.5 Å². The van der Waals surface area contributed by atoms with Crippen LogP contribution in [-0.4, -0.2) is 60.4 Å². The molecule has 2 N–H and O–H groups in total. The average Bonchev–Trinajstić information content (AvgIpc) is 3.30. The molecule has 0 radical (unpaired) electrons. The van der Waals surface area contributed by atoms with Crippen LogP contribution in [0.3, 0.4) is 0 Å². The van der Waals surface area contributed by atoms with Crippen LogP contribution in [0, 0.1) is 0 Å². The molecule has 1 aromatic rings. The van der Waals surface area contributed by atoms with Crippen LogP contribution in [0.25, 0.3) is 0 Å². The smallest absolute Gasteiger partial charge is 0.249 e. The highest BCUT2D eigenvalue weighted by Gasteiger charge is 2.43. The van der Waals surface area contributed by atoms with Gasteiger partial charge in [-0.1, -0.05) is 19.8 Å². The summed E-state index contributed by atoms with van der Waals surface area (Å²) in [5.41, 5.74) is 7.14. The number of hydrogen-bond acceptors (Lipinski definition) is 5. The highest BCUT2D eigenvalue weighted by atomic mass is 16.5. The van der Waals surface area contributed by atoms with Crippen LogP contribution in [0.15, 0.2) is 40.1 Å². The summed E-state index contributed by atoms with van der Waals surface area (Å²) in [5, 5.41) is 0. The monoisotopic (exact) mass is 411 g/mol. The molecule has 1 saturated heterocycles. The first kappa shape index (κ1) is 21.5. The zero-order chi connectivity index (χ0) is 21.7. The van der Waals surface area contributed by atoms with Crippen molar-refractivity contribution in [2.24, 2.45) is 15.7 Å². The zero-order valence-electron chi connectivity index (χ0n) is 17.7. The lowest BCUT2D eigenvalue weighted by atomic mass is 10.0. The minimum absolute atomic E-state index is 0.0186. The number of amides is 1. The Hall–Kier alpha value is -3.16. The van der Waals surface area contributed by atoms with E-state index in [1.807, 2.05) is 6.92 Å². The van der Waals surface area contributed by atoms with E-state index in [9.17, 15) is 9.59 Å². The minimum Gasteiger partial charge on any atom is -0.494 e. The van der Waals surface area contributed by atoms with Gasteiger partial charge in [0.25, 0.3) is 0 Å². The number of piperazine rings is 1. The van der Waals surface area contributed by atoms with Crippen molar-refractivity contribution in [1.82, 2.24) is 9.80 Å². The number of carbonyl (C=O) groups excluding carboxylic acids is 2. The van der Waals surface area contributed by atoms with Gasteiger partial charge in [-0.2, -0.15) is 0 Å². The van der Waals surface area contributed by atoms with Gasteiger partial charge in [0.15, 0.2) is 5.84 Å². The highest BCUT2D eigenvalue weighted by Crippen LogP contribution is 2.35. The molecule has 0 bridgehead atoms. The van der Waals surface area contributed by atoms with Gasteiger partial charge < -0.3 is 20.3 Å². The second kappa shape index (κ2) is 9.56. The second-order valence-electron chi connectivity index (χ2n) is 7.46. The van der Waals surface area contributed by atoms with E-state index in [0.717, 1.165) is 32.0 Å². The fraction of sp³-hybridized carbons (Fsp3) is 0.455. The Kier molecular flexibility index (Phi) is 6.87. The predicted molar refractivity (Wildman–Crippen MR) is 117 cm³/mol. The fourth-order valence-electron chi connectivity index (χ4n) is 4.22. The molecule has 1 amide bonds. The van der Waals surface area contributed by atoms with Gasteiger partial charge in [-0.05, 0) is 37.5 Å². The molecule has 3 rings (SSSR count). The van der Waals surface area contributed by atoms with Crippen molar-refractivity contribution in [3.63, 3.8) is 0 Å². The van der Waals surface area contributed by atoms with E-state index >= 15 is 0 Å². The Labute approximate surface area is 177 Å². The molecule has 8 heteroatoms. The molecular formula is C22H29N5O3. The number of amidine groups is 1. The molecule has 30 heavy (non-hydrogen) atoms. The first-order valence-electron chi connectivity index (χ1n) is 10.3. The summed E-state index contributed by atoms with van der Waals surface area (Å²) in [5.74, 6) is 1.18. The van der Waals surface area contributed by atoms with Gasteiger partial charge in [-0.25, -0.2) is 9.98 Å². The molecule has 1 saturated carbocycles. The highest BCUT2D eigenvalue weighted by molar-refractivity contribution is 6.08. The number of aliphatic imine (C=N–C) groups is 2. The molecule has 1 aliphatic heterocycles. The molecule has 1 aromatic carbocycles. The number of ether oxygens (including phenoxy) is 1. The van der Waals surface area contributed by atoms with Crippen molar-refractivity contribution in [3.05, 3.63) is 35.7 Å². The first-order valence-corrected chi connectivity index (χ1v) is 10.3. The second-order valence-corrected chi connectivity index (χ2v) is 7.46. The molecular weight excluding hydrogens is 382 g/mol. The Morgan fingerprint density at radius 2 is 2.03 bits per heavy atom. The summed E-state index contributed by atoms with van der Waals surface area (Å²) >= 11 is 0. The number of methoxy groups -OCH3 is 1. The van der Waals surface area contributed by atoms with Crippen molar-refractivity contribution in [3.8, 4) is 5.75 Å². The summed E-state index contributed by atoms with van der Waals surface area (Å²) in [6.45, 7) is 2.02. The normalized spacial score (nSPS) is 23.2. The molecule has 1 atom stereocenters. The Balaban J connectivity index is 2.20. The van der Waals surface area contributed by atoms with E-state index in [2.05, 4.69) is 9.89 Å². The average molecular weight is 412 g/mol. The number of aldehydes is 1. The largest absolute Gasteiger partial charge is 0.494 e. The van der Waals surface area contributed by atoms with Crippen LogP contribution in [-0.2, 0) is 4.79 Å². The van der Waals surface area contributed by atoms with E-state index < -0.39 is 0 Å². The number of likely N-dealkylation sites (N-methyl/N-ethyl adjacent to an activating group) is 1. The van der Waals surface area contributed by atoms with Gasteiger partial charge in [0.2, 0.25) is 5.91 Å². The molecule has 0 aromatic heterocycles. The first-order chi connectivity index (χ1) is 14.5. The van der Waals surface area contributed by atoms with Gasteiger partial charge in [-0.3, -0.25) is 9.59 Å². The van der Waals surface area contributed by atoms with E-state index in [1.165, 1.54) is 6.34 Å². The molecule has 2 aliphatic rings. The molecule has 160 valence electrons. The maximum absolute atomic E-state index is 13.1. The maximum Gasteiger partial charge on any atom is 0.249 e. The third-order valence-corrected chi connectivity index (χ3v) is 5.74. The number of rotatable bonds is 6. The van der Waals surface area contributed by atoms with Crippen molar-refractivity contribution in [2.75, 3.05) is 14.2 Å². The Morgan fingerprint density at radius 3 is 2.63 bits per heavy atom. The third kappa shape index (κ3) is 4.08. The van der Waals surface area contributed by atoms with Gasteiger partial charge in [-0.15, -0.1) is 0 Å². The third-order valence-electron chi connectivity index (χ3n) is 5.74. The molecule has 8 nitrogen and oxygen atoms in total. The summed E-state index contributed by atoms with van der Waals surface area (Å²) in [6.07, 6.45) is 8.49. The fourth-order valence-corrected chi connectivity index (χ4v) is 4.22. The van der Waals surface area contributed by atoms with Crippen LogP contribution in [0.5, 0.6) is 5.75 Å². The molecule has 0 spiro atoms. The number of hydrogen-bond donors (Lipinski definition) is 1. The minimum atomic E-state index is -0.295. The van der Waals surface area contributed by atoms with Crippen LogP contribution in [0.4, 0.5) is 5.69 Å². The summed E-state index contributed by atoms with van der Waals surface area (Å²) in [6, 6.07) is 5.05. The van der Waals surface area contributed by atoms with Crippen LogP contribution < -0.4 is 10.5 Å². The summed E-state index contributed by atoms with van der Waals surface area (Å²) in [4.78, 5) is 37.0. The van der Waals surface area contributed by atoms with Crippen LogP contribution in [0.2, 0.25) is 0 Å². The standard InChI is InChI=1S/C22H29N5O3/c1-4-18-22(29)26(2)19(12-24-14-23)21(27(18)16-7-5-6-8-16)25-17-10-9-15(13-28)11-20(17)30-3/h9-14,16,18H,4-8H2,1-3H3,(H2,23,24)/b19-12+,25-21?. The van der Waals surface area contributed by atoms with Crippen molar-refractivity contribution < 1.29 is 14.3 Å². The van der Waals surface area contributed by atoms with Crippen LogP contribution in [0.1, 0.15) is 49.4 Å². The lowest BCUT2D eigenvalue weighted by molar-refractivity contribution is -0.134. The molecule has 2 fully saturated rings. The SMILES string of the molecule is CCC1C(=O)N(C)/C(=C/N=CN)C(=Nc2ccc(C=O)cc2OC)N1C1CCCC1. The molecule has 1 unspecified atom stereocenters. The van der Waals surface area contributed by atoms with E-state index in [1.54, 1.807) is 43.5 Å². The lowest BCUT2D eigenvalue weighted by Gasteiger charge is -2.45. The summed E-state index contributed by atoms with van der Waals surface area (Å²) in [7, 11) is 3.28. The van der Waals surface area contributed by atoms with E-state index in [0.29, 0.717) is 35.0 Å². The number of benzene rings is 1. The number of carbonyl (C=O) groups is 2. The topological polar surface area (TPSA) is 101 Å². The predicted octanol–water partition coefficient (Wildman–Crippen LogP) is 2.86. The quantitative estimate of drug-likeness (QED) is 0.441. The van der Waals surface area contributed by atoms with E-state index in [4.69, 9.17) is 15.5 Å². The lowest BCUT2D eigenvalue weighted by Crippen LogP contribution is -2.60. The van der Waals surface area contributed by atoms with Gasteiger partial charge in [0.05, 0.1) is 19.6 Å². The Morgan fingerprint density at radius 1 is 1.30 bits per heavy atom. The van der Waals surface area contributed by atoms with Crippen molar-refractivity contribution in [1.29, 1.82) is 0 Å². The van der Waals surface area contributed by atoms with Crippen molar-refractivity contribution >= 4 is 30.1 Å². The maximum atomic E-state index is 13.1. The Bertz CT molecular complexity index is 887. The van der Waals surface area contributed by atoms with Gasteiger partial charge >= 0.3 is 0 Å². The number of nitrogens with zero attached hydrogens (tertiary/aromatic N) is 4. The molecule has 1 heterocycles. The zero-order valence-corrected chi connectivity index (χ0v) is 17.7.